The number of rotatable bonds is 6. The molecular formula is C30H29F6N5O4. The number of halogens is 6. The van der Waals surface area contributed by atoms with Crippen LogP contribution in [0.15, 0.2) is 42.7 Å². The van der Waals surface area contributed by atoms with Crippen molar-refractivity contribution in [2.24, 2.45) is 18.7 Å². The highest BCUT2D eigenvalue weighted by Crippen LogP contribution is 2.59. The fourth-order valence-corrected chi connectivity index (χ4v) is 7.10. The van der Waals surface area contributed by atoms with E-state index < -0.39 is 65.9 Å². The number of amides is 2. The van der Waals surface area contributed by atoms with E-state index in [1.807, 2.05) is 0 Å². The second kappa shape index (κ2) is 9.93. The molecule has 2 heterocycles. The topological polar surface area (TPSA) is 124 Å². The Morgan fingerprint density at radius 1 is 1.16 bits per heavy atom. The van der Waals surface area contributed by atoms with Crippen LogP contribution in [0.5, 0.6) is 0 Å². The molecule has 2 fully saturated rings. The van der Waals surface area contributed by atoms with Crippen molar-refractivity contribution in [1.29, 1.82) is 0 Å². The first kappa shape index (κ1) is 30.9. The van der Waals surface area contributed by atoms with Crippen molar-refractivity contribution in [3.63, 3.8) is 0 Å². The number of nitrogens with two attached hydrogens (primary N) is 1. The van der Waals surface area contributed by atoms with Gasteiger partial charge < -0.3 is 25.0 Å². The van der Waals surface area contributed by atoms with Crippen molar-refractivity contribution in [2.45, 2.75) is 74.5 Å². The number of carbonyl (C=O) groups excluding carboxylic acids is 2. The zero-order chi connectivity index (χ0) is 32.7. The van der Waals surface area contributed by atoms with Crippen LogP contribution >= 0.6 is 0 Å². The highest BCUT2D eigenvalue weighted by molar-refractivity contribution is 6.10. The van der Waals surface area contributed by atoms with Crippen molar-refractivity contribution >= 4 is 17.7 Å². The molecule has 2 atom stereocenters. The third-order valence-electron chi connectivity index (χ3n) is 9.64. The second-order valence-electron chi connectivity index (χ2n) is 12.5. The predicted molar refractivity (Wildman–Crippen MR) is 146 cm³/mol. The summed E-state index contributed by atoms with van der Waals surface area (Å²) in [6.45, 7) is 1.25. The lowest BCUT2D eigenvalue weighted by Crippen LogP contribution is -2.63. The fourth-order valence-electron chi connectivity index (χ4n) is 7.10. The molecule has 15 heteroatoms. The molecule has 2 aliphatic carbocycles. The number of aryl methyl sites for hydroxylation is 1. The maximum atomic E-state index is 14.3. The van der Waals surface area contributed by atoms with Gasteiger partial charge in [-0.15, -0.1) is 10.2 Å². The van der Waals surface area contributed by atoms with Gasteiger partial charge in [-0.1, -0.05) is 12.1 Å². The Balaban J connectivity index is 1.35. The SMILES string of the molecule is Cn1cnnc1C1(c2cccc(N3Cc4c(cc(CC5CCC5(C)OC(N)=O)cc4C(F)(F)F)C3=O)c2)CC(O)(C(F)(F)F)C1. The van der Waals surface area contributed by atoms with Gasteiger partial charge in [0.2, 0.25) is 0 Å². The third-order valence-corrected chi connectivity index (χ3v) is 9.64. The van der Waals surface area contributed by atoms with E-state index >= 15 is 0 Å². The quantitative estimate of drug-likeness (QED) is 0.360. The van der Waals surface area contributed by atoms with Gasteiger partial charge in [-0.25, -0.2) is 4.79 Å². The summed E-state index contributed by atoms with van der Waals surface area (Å²) in [6.07, 6.45) is -9.67. The maximum Gasteiger partial charge on any atom is 0.417 e. The van der Waals surface area contributed by atoms with Gasteiger partial charge in [-0.2, -0.15) is 26.3 Å². The van der Waals surface area contributed by atoms with E-state index in [4.69, 9.17) is 10.5 Å². The minimum Gasteiger partial charge on any atom is -0.443 e. The van der Waals surface area contributed by atoms with E-state index in [0.29, 0.717) is 18.4 Å². The first-order chi connectivity index (χ1) is 20.9. The second-order valence-corrected chi connectivity index (χ2v) is 12.5. The van der Waals surface area contributed by atoms with Crippen molar-refractivity contribution in [1.82, 2.24) is 14.8 Å². The minimum absolute atomic E-state index is 0.116. The molecular weight excluding hydrogens is 608 g/mol. The fraction of sp³-hybridized carbons (Fsp3) is 0.467. The molecule has 3 N–H and O–H groups in total. The van der Waals surface area contributed by atoms with Gasteiger partial charge in [0.05, 0.1) is 17.5 Å². The first-order valence-electron chi connectivity index (χ1n) is 14.1. The molecule has 0 saturated heterocycles. The maximum absolute atomic E-state index is 14.3. The Bertz CT molecular complexity index is 1700. The lowest BCUT2D eigenvalue weighted by Gasteiger charge is -2.53. The summed E-state index contributed by atoms with van der Waals surface area (Å²) >= 11 is 0. The minimum atomic E-state index is -4.91. The van der Waals surface area contributed by atoms with E-state index in [1.54, 1.807) is 14.0 Å². The smallest absolute Gasteiger partial charge is 0.417 e. The summed E-state index contributed by atoms with van der Waals surface area (Å²) in [6, 6.07) is 8.38. The lowest BCUT2D eigenvalue weighted by molar-refractivity contribution is -0.301. The number of hydrogen-bond donors (Lipinski definition) is 2. The van der Waals surface area contributed by atoms with Gasteiger partial charge in [0.15, 0.2) is 5.60 Å². The van der Waals surface area contributed by atoms with E-state index in [9.17, 15) is 41.0 Å². The number of alkyl halides is 6. The largest absolute Gasteiger partial charge is 0.443 e. The van der Waals surface area contributed by atoms with Crippen LogP contribution in [-0.2, 0) is 36.3 Å². The van der Waals surface area contributed by atoms with Crippen LogP contribution in [0.1, 0.15) is 71.0 Å². The summed E-state index contributed by atoms with van der Waals surface area (Å²) in [4.78, 5) is 26.2. The van der Waals surface area contributed by atoms with Gasteiger partial charge in [0.25, 0.3) is 5.91 Å². The Labute approximate surface area is 253 Å². The van der Waals surface area contributed by atoms with Crippen LogP contribution in [0.3, 0.4) is 0 Å². The number of nitrogens with zero attached hydrogens (tertiary/aromatic N) is 4. The predicted octanol–water partition coefficient (Wildman–Crippen LogP) is 5.17. The number of aromatic nitrogens is 3. The standard InChI is InChI=1S/C30H29F6N5O4/c1-26(45-25(37)43)7-6-17(26)8-16-9-20-21(22(10-16)29(31,32)33)12-41(23(20)42)19-5-3-4-18(11-19)27(24-39-38-15-40(24)2)13-28(44,14-27)30(34,35)36/h3-5,9-11,15,17,44H,6-8,12-14H2,1-2H3,(H2,37,43). The highest BCUT2D eigenvalue weighted by atomic mass is 19.4. The number of ether oxygens (including phenoxy) is 1. The summed E-state index contributed by atoms with van der Waals surface area (Å²) in [7, 11) is 1.55. The zero-order valence-electron chi connectivity index (χ0n) is 24.2. The molecule has 0 spiro atoms. The van der Waals surface area contributed by atoms with E-state index in [0.717, 1.165) is 11.0 Å². The van der Waals surface area contributed by atoms with Crippen LogP contribution < -0.4 is 10.6 Å². The van der Waals surface area contributed by atoms with Crippen molar-refractivity contribution in [3.05, 3.63) is 76.4 Å². The van der Waals surface area contributed by atoms with Crippen molar-refractivity contribution in [2.75, 3.05) is 4.90 Å². The number of benzene rings is 2. The summed E-state index contributed by atoms with van der Waals surface area (Å²) in [5, 5.41) is 18.2. The average molecular weight is 638 g/mol. The molecule has 3 aromatic rings. The Kier molecular flexibility index (Phi) is 6.81. The number of anilines is 1. The Morgan fingerprint density at radius 2 is 1.87 bits per heavy atom. The summed E-state index contributed by atoms with van der Waals surface area (Å²) in [5.74, 6) is -0.840. The van der Waals surface area contributed by atoms with Crippen LogP contribution in [0.2, 0.25) is 0 Å². The molecule has 240 valence electrons. The van der Waals surface area contributed by atoms with Crippen molar-refractivity contribution in [3.8, 4) is 0 Å². The summed E-state index contributed by atoms with van der Waals surface area (Å²) in [5.41, 5.74) is -0.770. The molecule has 2 saturated carbocycles. The van der Waals surface area contributed by atoms with Gasteiger partial charge in [-0.3, -0.25) is 4.79 Å². The molecule has 1 aromatic heterocycles. The van der Waals surface area contributed by atoms with Crippen molar-refractivity contribution < 1.29 is 45.8 Å². The van der Waals surface area contributed by atoms with Gasteiger partial charge in [-0.05, 0) is 67.1 Å². The van der Waals surface area contributed by atoms with Gasteiger partial charge in [0, 0.05) is 37.1 Å². The third kappa shape index (κ3) is 4.91. The number of fused-ring (bicyclic) bond motifs is 1. The molecule has 45 heavy (non-hydrogen) atoms. The van der Waals surface area contributed by atoms with E-state index in [1.165, 1.54) is 41.2 Å². The van der Waals surface area contributed by atoms with E-state index in [2.05, 4.69) is 10.2 Å². The monoisotopic (exact) mass is 637 g/mol. The highest BCUT2D eigenvalue weighted by Gasteiger charge is 2.69. The van der Waals surface area contributed by atoms with Crippen LogP contribution in [0, 0.1) is 5.92 Å². The number of aliphatic hydroxyl groups is 1. The average Bonchev–Trinajstić information content (AvgIpc) is 3.50. The number of carbonyl (C=O) groups is 2. The molecule has 2 amide bonds. The first-order valence-corrected chi connectivity index (χ1v) is 14.1. The Hall–Kier alpha value is -4.14. The molecule has 3 aliphatic rings. The molecule has 0 bridgehead atoms. The van der Waals surface area contributed by atoms with Crippen LogP contribution in [0.25, 0.3) is 0 Å². The van der Waals surface area contributed by atoms with Gasteiger partial charge in [0.1, 0.15) is 17.8 Å². The number of primary amides is 1. The summed E-state index contributed by atoms with van der Waals surface area (Å²) < 4.78 is 90.8. The molecule has 0 radical (unpaired) electrons. The molecule has 2 unspecified atom stereocenters. The molecule has 2 aromatic carbocycles. The number of hydrogen-bond acceptors (Lipinski definition) is 6. The van der Waals surface area contributed by atoms with Gasteiger partial charge >= 0.3 is 18.4 Å². The Morgan fingerprint density at radius 3 is 2.42 bits per heavy atom. The molecule has 1 aliphatic heterocycles. The normalized spacial score (nSPS) is 28.0. The molecule has 9 nitrogen and oxygen atoms in total. The van der Waals surface area contributed by atoms with E-state index in [-0.39, 0.29) is 40.5 Å². The lowest BCUT2D eigenvalue weighted by atomic mass is 9.55. The zero-order valence-corrected chi connectivity index (χ0v) is 24.2. The van der Waals surface area contributed by atoms with Crippen LogP contribution in [0.4, 0.5) is 36.8 Å². The van der Waals surface area contributed by atoms with Crippen LogP contribution in [-0.4, -0.2) is 49.2 Å². The molecule has 6 rings (SSSR count).